The van der Waals surface area contributed by atoms with Gasteiger partial charge in [0.25, 0.3) is 5.91 Å². The second-order valence-corrected chi connectivity index (χ2v) is 8.90. The molecule has 2 aromatic rings. The van der Waals surface area contributed by atoms with E-state index in [1.165, 1.54) is 41.5 Å². The van der Waals surface area contributed by atoms with Gasteiger partial charge in [-0.15, -0.1) is 11.6 Å². The summed E-state index contributed by atoms with van der Waals surface area (Å²) in [5, 5.41) is 6.63. The van der Waals surface area contributed by atoms with Gasteiger partial charge in [-0.2, -0.15) is 0 Å². The number of anilines is 2. The van der Waals surface area contributed by atoms with E-state index in [0.717, 1.165) is 48.3 Å². The summed E-state index contributed by atoms with van der Waals surface area (Å²) in [7, 11) is 0. The number of amides is 1. The molecule has 0 aromatic heterocycles. The minimum atomic E-state index is -0.00855. The normalized spacial score (nSPS) is 19.0. The number of alkyl halides is 1. The van der Waals surface area contributed by atoms with Crippen LogP contribution in [-0.2, 0) is 11.2 Å². The molecule has 2 aromatic carbocycles. The number of rotatable bonds is 6. The van der Waals surface area contributed by atoms with Gasteiger partial charge in [0, 0.05) is 34.9 Å². The summed E-state index contributed by atoms with van der Waals surface area (Å²) in [5.74, 6) is 0.571. The number of para-hydroxylation sites is 1. The minimum Gasteiger partial charge on any atom is -0.381 e. The van der Waals surface area contributed by atoms with Crippen LogP contribution in [0.25, 0.3) is 5.57 Å². The van der Waals surface area contributed by atoms with Crippen LogP contribution in [0, 0.1) is 0 Å². The van der Waals surface area contributed by atoms with Crippen molar-refractivity contribution in [3.63, 3.8) is 0 Å². The van der Waals surface area contributed by atoms with Crippen molar-refractivity contribution < 1.29 is 4.79 Å². The number of hydrogen-bond acceptors (Lipinski definition) is 2. The molecule has 0 saturated carbocycles. The van der Waals surface area contributed by atoms with Gasteiger partial charge < -0.3 is 10.6 Å². The van der Waals surface area contributed by atoms with Gasteiger partial charge >= 0.3 is 0 Å². The number of allylic oxidation sites excluding steroid dienone is 3. The fourth-order valence-electron chi connectivity index (χ4n) is 4.98. The zero-order valence-corrected chi connectivity index (χ0v) is 18.4. The molecule has 2 aliphatic carbocycles. The predicted molar refractivity (Wildman–Crippen MR) is 130 cm³/mol. The van der Waals surface area contributed by atoms with Crippen LogP contribution >= 0.6 is 11.6 Å². The monoisotopic (exact) mass is 430 g/mol. The number of carbonyl (C=O) groups excluding carboxylic acids is 1. The van der Waals surface area contributed by atoms with E-state index in [0.29, 0.717) is 5.88 Å². The van der Waals surface area contributed by atoms with Gasteiger partial charge in [0.1, 0.15) is 0 Å². The van der Waals surface area contributed by atoms with Gasteiger partial charge in [0.05, 0.1) is 0 Å². The molecule has 0 radical (unpaired) electrons. The highest BCUT2D eigenvalue weighted by molar-refractivity contribution is 6.32. The molecule has 1 heterocycles. The molecular formula is C27H27ClN2O. The zero-order chi connectivity index (χ0) is 21.2. The highest BCUT2D eigenvalue weighted by atomic mass is 35.5. The van der Waals surface area contributed by atoms with E-state index in [4.69, 9.17) is 11.6 Å². The summed E-state index contributed by atoms with van der Waals surface area (Å²) in [4.78, 5) is 12.8. The largest absolute Gasteiger partial charge is 0.381 e. The van der Waals surface area contributed by atoms with E-state index in [2.05, 4.69) is 53.1 Å². The second kappa shape index (κ2) is 8.76. The minimum absolute atomic E-state index is 0.00855. The Morgan fingerprint density at radius 1 is 1.06 bits per heavy atom. The van der Waals surface area contributed by atoms with Crippen LogP contribution in [0.3, 0.4) is 0 Å². The Hall–Kier alpha value is -2.78. The Bertz CT molecular complexity index is 1110. The van der Waals surface area contributed by atoms with Gasteiger partial charge in [-0.05, 0) is 91.1 Å². The Balaban J connectivity index is 1.50. The molecule has 31 heavy (non-hydrogen) atoms. The third-order valence-electron chi connectivity index (χ3n) is 6.55. The first-order valence-corrected chi connectivity index (χ1v) is 11.7. The maximum Gasteiger partial charge on any atom is 0.256 e. The lowest BCUT2D eigenvalue weighted by Crippen LogP contribution is -2.09. The summed E-state index contributed by atoms with van der Waals surface area (Å²) in [6.07, 6.45) is 8.77. The molecule has 1 aliphatic heterocycles. The van der Waals surface area contributed by atoms with Gasteiger partial charge in [-0.1, -0.05) is 29.8 Å². The molecular weight excluding hydrogens is 404 g/mol. The standard InChI is InChI=1S/C27H27ClN2O/c28-13-12-18-10-11-26-23(14-18)24(27(31)30-26)16-20-15-19-6-4-5-9-22(19)25(20)17-29-21-7-2-1-3-8-21/h1-3,7-8,10-11,14,16,29H,4-6,9,12-13,15,17H2,(H,30,31). The molecule has 0 atom stereocenters. The molecule has 0 spiro atoms. The third kappa shape index (κ3) is 4.07. The molecule has 0 bridgehead atoms. The number of halogens is 1. The lowest BCUT2D eigenvalue weighted by Gasteiger charge is -2.17. The van der Waals surface area contributed by atoms with Crippen molar-refractivity contribution in [3.8, 4) is 0 Å². The van der Waals surface area contributed by atoms with Crippen molar-refractivity contribution in [2.75, 3.05) is 23.1 Å². The van der Waals surface area contributed by atoms with Crippen LogP contribution in [0.5, 0.6) is 0 Å². The topological polar surface area (TPSA) is 41.1 Å². The average Bonchev–Trinajstić information content (AvgIpc) is 3.30. The maximum atomic E-state index is 12.8. The van der Waals surface area contributed by atoms with Crippen LogP contribution < -0.4 is 10.6 Å². The summed E-state index contributed by atoms with van der Waals surface area (Å²) < 4.78 is 0. The zero-order valence-electron chi connectivity index (χ0n) is 17.6. The third-order valence-corrected chi connectivity index (χ3v) is 6.74. The van der Waals surface area contributed by atoms with Gasteiger partial charge in [0.15, 0.2) is 0 Å². The second-order valence-electron chi connectivity index (χ2n) is 8.52. The van der Waals surface area contributed by atoms with E-state index in [1.807, 2.05) is 12.1 Å². The smallest absolute Gasteiger partial charge is 0.256 e. The van der Waals surface area contributed by atoms with Crippen LogP contribution in [0.15, 0.2) is 76.9 Å². The first-order valence-electron chi connectivity index (χ1n) is 11.2. The van der Waals surface area contributed by atoms with Gasteiger partial charge in [-0.3, -0.25) is 4.79 Å². The van der Waals surface area contributed by atoms with Crippen LogP contribution in [0.2, 0.25) is 0 Å². The maximum absolute atomic E-state index is 12.8. The highest BCUT2D eigenvalue weighted by Gasteiger charge is 2.29. The molecule has 0 unspecified atom stereocenters. The van der Waals surface area contributed by atoms with Gasteiger partial charge in [0.2, 0.25) is 0 Å². The van der Waals surface area contributed by atoms with Crippen LogP contribution in [0.1, 0.15) is 43.2 Å². The van der Waals surface area contributed by atoms with Crippen molar-refractivity contribution in [2.24, 2.45) is 0 Å². The molecule has 158 valence electrons. The van der Waals surface area contributed by atoms with Crippen molar-refractivity contribution in [2.45, 2.75) is 38.5 Å². The molecule has 3 nitrogen and oxygen atoms in total. The Morgan fingerprint density at radius 3 is 2.74 bits per heavy atom. The van der Waals surface area contributed by atoms with Gasteiger partial charge in [-0.25, -0.2) is 0 Å². The van der Waals surface area contributed by atoms with Crippen LogP contribution in [0.4, 0.5) is 11.4 Å². The lowest BCUT2D eigenvalue weighted by molar-refractivity contribution is -0.110. The number of carbonyl (C=O) groups is 1. The molecule has 2 N–H and O–H groups in total. The lowest BCUT2D eigenvalue weighted by atomic mass is 9.91. The SMILES string of the molecule is O=C1Nc2ccc(CCCl)cc2C1=CC1=C(CNc2ccccc2)C2=C(CCCC2)C1. The summed E-state index contributed by atoms with van der Waals surface area (Å²) >= 11 is 5.95. The van der Waals surface area contributed by atoms with E-state index < -0.39 is 0 Å². The number of hydrogen-bond donors (Lipinski definition) is 2. The highest BCUT2D eigenvalue weighted by Crippen LogP contribution is 2.43. The first-order chi connectivity index (χ1) is 15.2. The Labute approximate surface area is 188 Å². The summed E-state index contributed by atoms with van der Waals surface area (Å²) in [5.41, 5.74) is 10.7. The fourth-order valence-corrected chi connectivity index (χ4v) is 5.20. The molecule has 4 heteroatoms. The van der Waals surface area contributed by atoms with E-state index in [1.54, 1.807) is 5.57 Å². The average molecular weight is 431 g/mol. The molecule has 0 fully saturated rings. The quantitative estimate of drug-likeness (QED) is 0.406. The number of fused-ring (bicyclic) bond motifs is 1. The van der Waals surface area contributed by atoms with Crippen molar-refractivity contribution in [1.29, 1.82) is 0 Å². The van der Waals surface area contributed by atoms with Crippen LogP contribution in [-0.4, -0.2) is 18.3 Å². The Kier molecular flexibility index (Phi) is 5.69. The fraction of sp³-hybridized carbons (Fsp3) is 0.296. The predicted octanol–water partition coefficient (Wildman–Crippen LogP) is 6.49. The van der Waals surface area contributed by atoms with E-state index in [-0.39, 0.29) is 5.91 Å². The molecule has 0 saturated heterocycles. The molecule has 5 rings (SSSR count). The summed E-state index contributed by atoms with van der Waals surface area (Å²) in [6, 6.07) is 16.5. The number of benzene rings is 2. The van der Waals surface area contributed by atoms with Crippen molar-refractivity contribution in [1.82, 2.24) is 0 Å². The molecule has 1 amide bonds. The van der Waals surface area contributed by atoms with E-state index >= 15 is 0 Å². The van der Waals surface area contributed by atoms with E-state index in [9.17, 15) is 4.79 Å². The number of nitrogens with one attached hydrogen (secondary N) is 2. The van der Waals surface area contributed by atoms with Crippen molar-refractivity contribution >= 4 is 34.5 Å². The number of aryl methyl sites for hydroxylation is 1. The Morgan fingerprint density at radius 2 is 1.90 bits per heavy atom. The summed E-state index contributed by atoms with van der Waals surface area (Å²) in [6.45, 7) is 0.794. The first kappa shape index (κ1) is 20.1. The van der Waals surface area contributed by atoms with Crippen molar-refractivity contribution in [3.05, 3.63) is 88.0 Å². The molecule has 3 aliphatic rings.